The lowest BCUT2D eigenvalue weighted by molar-refractivity contribution is 1.06. The van der Waals surface area contributed by atoms with Crippen LogP contribution in [0.25, 0.3) is 0 Å². The van der Waals surface area contributed by atoms with E-state index in [2.05, 4.69) is 26.7 Å². The lowest BCUT2D eigenvalue weighted by Gasteiger charge is -2.11. The molecule has 118 valence electrons. The van der Waals surface area contributed by atoms with Crippen LogP contribution in [0.4, 0.5) is 23.0 Å². The highest BCUT2D eigenvalue weighted by Crippen LogP contribution is 2.25. The van der Waals surface area contributed by atoms with Gasteiger partial charge in [-0.25, -0.2) is 9.97 Å². The highest BCUT2D eigenvalue weighted by molar-refractivity contribution is 6.33. The number of rotatable bonds is 4. The van der Waals surface area contributed by atoms with Gasteiger partial charge in [-0.05, 0) is 37.3 Å². The van der Waals surface area contributed by atoms with Gasteiger partial charge in [-0.15, -0.1) is 0 Å². The maximum absolute atomic E-state index is 8.98. The van der Waals surface area contributed by atoms with Crippen LogP contribution < -0.4 is 10.6 Å². The zero-order valence-electron chi connectivity index (χ0n) is 12.9. The van der Waals surface area contributed by atoms with Crippen LogP contribution in [0.3, 0.4) is 0 Å². The summed E-state index contributed by atoms with van der Waals surface area (Å²) in [5.74, 6) is 1.88. The predicted molar refractivity (Wildman–Crippen MR) is 95.9 cm³/mol. The van der Waals surface area contributed by atoms with E-state index >= 15 is 0 Å². The smallest absolute Gasteiger partial charge is 0.136 e. The molecule has 6 heteroatoms. The first-order chi connectivity index (χ1) is 11.6. The van der Waals surface area contributed by atoms with E-state index in [1.807, 2.05) is 43.3 Å². The number of hydrogen-bond donors (Lipinski definition) is 2. The Morgan fingerprint density at radius 1 is 0.958 bits per heavy atom. The van der Waals surface area contributed by atoms with Crippen molar-refractivity contribution in [3.63, 3.8) is 0 Å². The molecule has 0 bridgehead atoms. The second-order valence-electron chi connectivity index (χ2n) is 5.11. The fraction of sp³-hybridized carbons (Fsp3) is 0.0556. The van der Waals surface area contributed by atoms with E-state index < -0.39 is 0 Å². The Kier molecular flexibility index (Phi) is 4.59. The van der Waals surface area contributed by atoms with Crippen LogP contribution in [0.1, 0.15) is 11.4 Å². The van der Waals surface area contributed by atoms with Gasteiger partial charge in [0.25, 0.3) is 0 Å². The van der Waals surface area contributed by atoms with Crippen LogP contribution in [-0.2, 0) is 0 Å². The summed E-state index contributed by atoms with van der Waals surface area (Å²) in [5.41, 5.74) is 2.14. The first kappa shape index (κ1) is 15.8. The number of halogens is 1. The summed E-state index contributed by atoms with van der Waals surface area (Å²) in [7, 11) is 0. The monoisotopic (exact) mass is 335 g/mol. The minimum atomic E-state index is 0.584. The summed E-state index contributed by atoms with van der Waals surface area (Å²) < 4.78 is 0. The van der Waals surface area contributed by atoms with Gasteiger partial charge < -0.3 is 10.6 Å². The molecule has 0 spiro atoms. The Balaban J connectivity index is 1.86. The third-order valence-electron chi connectivity index (χ3n) is 3.24. The van der Waals surface area contributed by atoms with Crippen LogP contribution in [-0.4, -0.2) is 9.97 Å². The van der Waals surface area contributed by atoms with Crippen molar-refractivity contribution in [1.82, 2.24) is 9.97 Å². The number of nitrogens with zero attached hydrogens (tertiary/aromatic N) is 3. The number of aromatic nitrogens is 2. The molecule has 3 aromatic rings. The predicted octanol–water partition coefficient (Wildman–Crippen LogP) is 4.80. The summed E-state index contributed by atoms with van der Waals surface area (Å²) in [5, 5.41) is 16.0. The number of nitriles is 1. The number of hydrogen-bond acceptors (Lipinski definition) is 5. The van der Waals surface area contributed by atoms with Crippen molar-refractivity contribution in [2.24, 2.45) is 0 Å². The quantitative estimate of drug-likeness (QED) is 0.716. The molecule has 0 saturated carbocycles. The van der Waals surface area contributed by atoms with Crippen molar-refractivity contribution in [1.29, 1.82) is 5.26 Å². The van der Waals surface area contributed by atoms with Crippen LogP contribution in [0.15, 0.2) is 54.6 Å². The van der Waals surface area contributed by atoms with Crippen molar-refractivity contribution in [2.45, 2.75) is 6.92 Å². The number of nitrogens with one attached hydrogen (secondary N) is 2. The summed E-state index contributed by atoms with van der Waals surface area (Å²) in [6, 6.07) is 18.6. The minimum Gasteiger partial charge on any atom is -0.340 e. The topological polar surface area (TPSA) is 73.6 Å². The van der Waals surface area contributed by atoms with Gasteiger partial charge in [0.1, 0.15) is 17.5 Å². The average Bonchev–Trinajstić information content (AvgIpc) is 2.56. The van der Waals surface area contributed by atoms with Crippen molar-refractivity contribution in [3.05, 3.63) is 71.0 Å². The maximum atomic E-state index is 8.98. The van der Waals surface area contributed by atoms with Gasteiger partial charge in [-0.3, -0.25) is 0 Å². The first-order valence-corrected chi connectivity index (χ1v) is 7.66. The molecule has 5 nitrogen and oxygen atoms in total. The zero-order chi connectivity index (χ0) is 16.9. The Morgan fingerprint density at radius 2 is 1.71 bits per heavy atom. The standard InChI is InChI=1S/C18H14ClN5/c1-12-21-17(23-14-6-4-5-13(9-14)11-20)10-18(22-12)24-16-8-3-2-7-15(16)19/h2-10H,1H3,(H2,21,22,23,24). The van der Waals surface area contributed by atoms with E-state index in [0.717, 1.165) is 11.4 Å². The zero-order valence-corrected chi connectivity index (χ0v) is 13.7. The maximum Gasteiger partial charge on any atom is 0.136 e. The molecule has 0 unspecified atom stereocenters. The first-order valence-electron chi connectivity index (χ1n) is 7.28. The van der Waals surface area contributed by atoms with Gasteiger partial charge in [0.2, 0.25) is 0 Å². The van der Waals surface area contributed by atoms with Gasteiger partial charge in [0.05, 0.1) is 22.3 Å². The van der Waals surface area contributed by atoms with E-state index in [9.17, 15) is 0 Å². The molecule has 0 radical (unpaired) electrons. The molecule has 0 saturated heterocycles. The summed E-state index contributed by atoms with van der Waals surface area (Å²) >= 11 is 6.16. The largest absolute Gasteiger partial charge is 0.340 e. The van der Waals surface area contributed by atoms with Crippen LogP contribution >= 0.6 is 11.6 Å². The Hall–Kier alpha value is -3.10. The van der Waals surface area contributed by atoms with Crippen LogP contribution in [0, 0.1) is 18.3 Å². The van der Waals surface area contributed by atoms with Gasteiger partial charge in [-0.1, -0.05) is 29.8 Å². The van der Waals surface area contributed by atoms with E-state index in [-0.39, 0.29) is 0 Å². The average molecular weight is 336 g/mol. The van der Waals surface area contributed by atoms with Crippen molar-refractivity contribution in [3.8, 4) is 6.07 Å². The molecular weight excluding hydrogens is 322 g/mol. The molecule has 0 atom stereocenters. The Labute approximate surface area is 145 Å². The SMILES string of the molecule is Cc1nc(Nc2cccc(C#N)c2)cc(Nc2ccccc2Cl)n1. The summed E-state index contributed by atoms with van der Waals surface area (Å²) in [6.07, 6.45) is 0. The molecule has 0 amide bonds. The highest BCUT2D eigenvalue weighted by Gasteiger charge is 2.05. The number of para-hydroxylation sites is 1. The van der Waals surface area contributed by atoms with Crippen LogP contribution in [0.2, 0.25) is 5.02 Å². The Bertz CT molecular complexity index is 917. The van der Waals surface area contributed by atoms with Gasteiger partial charge >= 0.3 is 0 Å². The molecule has 1 heterocycles. The molecule has 2 N–H and O–H groups in total. The van der Waals surface area contributed by atoms with Crippen molar-refractivity contribution >= 4 is 34.6 Å². The number of aryl methyl sites for hydroxylation is 1. The lowest BCUT2D eigenvalue weighted by Crippen LogP contribution is -2.01. The van der Waals surface area contributed by atoms with Crippen LogP contribution in [0.5, 0.6) is 0 Å². The molecule has 1 aromatic heterocycles. The second kappa shape index (κ2) is 6.99. The molecule has 2 aromatic carbocycles. The normalized spacial score (nSPS) is 10.0. The highest BCUT2D eigenvalue weighted by atomic mass is 35.5. The number of benzene rings is 2. The molecule has 0 aliphatic heterocycles. The fourth-order valence-electron chi connectivity index (χ4n) is 2.21. The van der Waals surface area contributed by atoms with E-state index in [4.69, 9.17) is 16.9 Å². The van der Waals surface area contributed by atoms with Gasteiger partial charge in [0, 0.05) is 11.8 Å². The number of anilines is 4. The third kappa shape index (κ3) is 3.80. The van der Waals surface area contributed by atoms with Gasteiger partial charge in [0.15, 0.2) is 0 Å². The fourth-order valence-corrected chi connectivity index (χ4v) is 2.39. The van der Waals surface area contributed by atoms with Crippen molar-refractivity contribution in [2.75, 3.05) is 10.6 Å². The van der Waals surface area contributed by atoms with Crippen molar-refractivity contribution < 1.29 is 0 Å². The van der Waals surface area contributed by atoms with Gasteiger partial charge in [-0.2, -0.15) is 5.26 Å². The second-order valence-corrected chi connectivity index (χ2v) is 5.52. The van der Waals surface area contributed by atoms with E-state index in [0.29, 0.717) is 28.0 Å². The molecule has 0 aliphatic carbocycles. The minimum absolute atomic E-state index is 0.584. The van der Waals surface area contributed by atoms with E-state index in [1.54, 1.807) is 18.2 Å². The van der Waals surface area contributed by atoms with E-state index in [1.165, 1.54) is 0 Å². The lowest BCUT2D eigenvalue weighted by atomic mass is 10.2. The molecule has 24 heavy (non-hydrogen) atoms. The molecule has 3 rings (SSSR count). The molecule has 0 fully saturated rings. The summed E-state index contributed by atoms with van der Waals surface area (Å²) in [4.78, 5) is 8.74. The summed E-state index contributed by atoms with van der Waals surface area (Å²) in [6.45, 7) is 1.81. The Morgan fingerprint density at radius 3 is 2.46 bits per heavy atom. The third-order valence-corrected chi connectivity index (χ3v) is 3.57. The molecular formula is C18H14ClN5. The molecule has 0 aliphatic rings.